The fourth-order valence-corrected chi connectivity index (χ4v) is 1.55. The Bertz CT molecular complexity index is 168. The number of carbonyl (C=O) groups excluding carboxylic acids is 1. The maximum atomic E-state index is 10.9. The number of ether oxygens (including phenoxy) is 1. The number of esters is 1. The molecule has 0 aromatic heterocycles. The molecule has 0 bridgehead atoms. The van der Waals surface area contributed by atoms with Gasteiger partial charge in [0.05, 0.1) is 6.10 Å². The van der Waals surface area contributed by atoms with Gasteiger partial charge in [0.15, 0.2) is 0 Å². The van der Waals surface area contributed by atoms with Crippen LogP contribution in [0.25, 0.3) is 0 Å². The van der Waals surface area contributed by atoms with Gasteiger partial charge in [0.1, 0.15) is 6.10 Å². The summed E-state index contributed by atoms with van der Waals surface area (Å²) in [6.07, 6.45) is 4.75. The zero-order chi connectivity index (χ0) is 11.7. The zero-order valence-electron chi connectivity index (χ0n) is 10.2. The number of hydrogen-bond acceptors (Lipinski definition) is 3. The first kappa shape index (κ1) is 14.4. The van der Waals surface area contributed by atoms with Crippen molar-refractivity contribution in [3.8, 4) is 0 Å². The van der Waals surface area contributed by atoms with Gasteiger partial charge in [-0.3, -0.25) is 4.79 Å². The molecule has 0 saturated carbocycles. The molecule has 0 saturated heterocycles. The Labute approximate surface area is 92.8 Å². The molecule has 15 heavy (non-hydrogen) atoms. The molecule has 3 nitrogen and oxygen atoms in total. The summed E-state index contributed by atoms with van der Waals surface area (Å²) in [5, 5.41) is 9.84. The van der Waals surface area contributed by atoms with E-state index in [2.05, 4.69) is 13.8 Å². The van der Waals surface area contributed by atoms with Crippen molar-refractivity contribution in [3.63, 3.8) is 0 Å². The molecule has 0 amide bonds. The summed E-state index contributed by atoms with van der Waals surface area (Å²) in [6, 6.07) is 0. The van der Waals surface area contributed by atoms with Gasteiger partial charge in [-0.05, 0) is 19.3 Å². The highest BCUT2D eigenvalue weighted by molar-refractivity contribution is 5.66. The number of carbonyl (C=O) groups is 1. The largest absolute Gasteiger partial charge is 0.460 e. The van der Waals surface area contributed by atoms with Crippen LogP contribution in [-0.2, 0) is 9.53 Å². The molecular formula is C12H24O3. The highest BCUT2D eigenvalue weighted by Gasteiger charge is 2.20. The average molecular weight is 216 g/mol. The van der Waals surface area contributed by atoms with E-state index in [1.807, 2.05) is 0 Å². The highest BCUT2D eigenvalue weighted by atomic mass is 16.6. The smallest absolute Gasteiger partial charge is 0.302 e. The Kier molecular flexibility index (Phi) is 8.38. The van der Waals surface area contributed by atoms with Crippen LogP contribution in [0, 0.1) is 0 Å². The van der Waals surface area contributed by atoms with Crippen molar-refractivity contribution >= 4 is 5.97 Å². The molecule has 0 rings (SSSR count). The second kappa shape index (κ2) is 8.72. The maximum absolute atomic E-state index is 10.9. The Morgan fingerprint density at radius 3 is 2.20 bits per heavy atom. The van der Waals surface area contributed by atoms with Crippen molar-refractivity contribution in [1.82, 2.24) is 0 Å². The van der Waals surface area contributed by atoms with Crippen LogP contribution >= 0.6 is 0 Å². The fraction of sp³-hybridized carbons (Fsp3) is 0.917. The van der Waals surface area contributed by atoms with Crippen molar-refractivity contribution in [1.29, 1.82) is 0 Å². The summed E-state index contributed by atoms with van der Waals surface area (Å²) in [5.74, 6) is -0.299. The predicted octanol–water partition coefficient (Wildman–Crippen LogP) is 2.66. The lowest BCUT2D eigenvalue weighted by atomic mass is 10.0. The first-order chi connectivity index (χ1) is 7.11. The molecule has 90 valence electrons. The van der Waals surface area contributed by atoms with Gasteiger partial charge in [-0.25, -0.2) is 0 Å². The molecule has 0 aliphatic carbocycles. The van der Waals surface area contributed by atoms with Crippen molar-refractivity contribution in [2.24, 2.45) is 0 Å². The SMILES string of the molecule is CCCCC(O)C(CCCC)OC(C)=O. The number of unbranched alkanes of at least 4 members (excludes halogenated alkanes) is 2. The summed E-state index contributed by atoms with van der Waals surface area (Å²) in [7, 11) is 0. The molecule has 0 spiro atoms. The van der Waals surface area contributed by atoms with Crippen molar-refractivity contribution in [3.05, 3.63) is 0 Å². The Hall–Kier alpha value is -0.570. The van der Waals surface area contributed by atoms with Crippen LogP contribution < -0.4 is 0 Å². The Balaban J connectivity index is 4.01. The van der Waals surface area contributed by atoms with E-state index in [-0.39, 0.29) is 12.1 Å². The van der Waals surface area contributed by atoms with Crippen LogP contribution in [0.5, 0.6) is 0 Å². The summed E-state index contributed by atoms with van der Waals surface area (Å²) < 4.78 is 5.12. The molecular weight excluding hydrogens is 192 g/mol. The van der Waals surface area contributed by atoms with E-state index in [1.54, 1.807) is 0 Å². The maximum Gasteiger partial charge on any atom is 0.302 e. The third-order valence-electron chi connectivity index (χ3n) is 2.44. The van der Waals surface area contributed by atoms with Crippen LogP contribution in [0.3, 0.4) is 0 Å². The lowest BCUT2D eigenvalue weighted by Crippen LogP contribution is -2.30. The molecule has 0 aromatic rings. The number of rotatable bonds is 8. The van der Waals surface area contributed by atoms with Gasteiger partial charge in [0, 0.05) is 6.92 Å². The summed E-state index contributed by atoms with van der Waals surface area (Å²) in [4.78, 5) is 10.9. The predicted molar refractivity (Wildman–Crippen MR) is 60.6 cm³/mol. The first-order valence-corrected chi connectivity index (χ1v) is 5.97. The van der Waals surface area contributed by atoms with E-state index in [9.17, 15) is 9.90 Å². The first-order valence-electron chi connectivity index (χ1n) is 5.97. The molecule has 0 heterocycles. The third-order valence-corrected chi connectivity index (χ3v) is 2.44. The molecule has 0 aromatic carbocycles. The van der Waals surface area contributed by atoms with Crippen LogP contribution in [0.2, 0.25) is 0 Å². The molecule has 3 heteroatoms. The molecule has 1 N–H and O–H groups in total. The summed E-state index contributed by atoms with van der Waals surface area (Å²) >= 11 is 0. The van der Waals surface area contributed by atoms with Crippen LogP contribution in [0.1, 0.15) is 59.3 Å². The zero-order valence-corrected chi connectivity index (χ0v) is 10.2. The lowest BCUT2D eigenvalue weighted by molar-refractivity contribution is -0.153. The van der Waals surface area contributed by atoms with Crippen LogP contribution in [-0.4, -0.2) is 23.3 Å². The summed E-state index contributed by atoms with van der Waals surface area (Å²) in [5.41, 5.74) is 0. The van der Waals surface area contributed by atoms with E-state index >= 15 is 0 Å². The van der Waals surface area contributed by atoms with Crippen molar-refractivity contribution < 1.29 is 14.6 Å². The minimum atomic E-state index is -0.500. The molecule has 0 fully saturated rings. The average Bonchev–Trinajstić information content (AvgIpc) is 2.20. The quantitative estimate of drug-likeness (QED) is 0.634. The molecule has 0 aliphatic rings. The minimum Gasteiger partial charge on any atom is -0.460 e. The topological polar surface area (TPSA) is 46.5 Å². The molecule has 0 aliphatic heterocycles. The van der Waals surface area contributed by atoms with Crippen LogP contribution in [0.15, 0.2) is 0 Å². The molecule has 2 unspecified atom stereocenters. The Morgan fingerprint density at radius 2 is 1.73 bits per heavy atom. The van der Waals surface area contributed by atoms with Gasteiger partial charge in [0.25, 0.3) is 0 Å². The van der Waals surface area contributed by atoms with E-state index in [0.29, 0.717) is 0 Å². The van der Waals surface area contributed by atoms with Gasteiger partial charge in [-0.15, -0.1) is 0 Å². The third kappa shape index (κ3) is 7.37. The normalized spacial score (nSPS) is 14.7. The van der Waals surface area contributed by atoms with Crippen LogP contribution in [0.4, 0.5) is 0 Å². The van der Waals surface area contributed by atoms with E-state index in [4.69, 9.17) is 4.74 Å². The minimum absolute atomic E-state index is 0.299. The second-order valence-electron chi connectivity index (χ2n) is 4.00. The Morgan fingerprint density at radius 1 is 1.20 bits per heavy atom. The molecule has 2 atom stereocenters. The second-order valence-corrected chi connectivity index (χ2v) is 4.00. The van der Waals surface area contributed by atoms with Gasteiger partial charge in [0.2, 0.25) is 0 Å². The van der Waals surface area contributed by atoms with Gasteiger partial charge < -0.3 is 9.84 Å². The van der Waals surface area contributed by atoms with Gasteiger partial charge in [-0.1, -0.05) is 33.1 Å². The fourth-order valence-electron chi connectivity index (χ4n) is 1.55. The van der Waals surface area contributed by atoms with E-state index in [1.165, 1.54) is 6.92 Å². The number of aliphatic hydroxyl groups is 1. The van der Waals surface area contributed by atoms with Crippen molar-refractivity contribution in [2.45, 2.75) is 71.5 Å². The number of hydrogen-bond donors (Lipinski definition) is 1. The number of aliphatic hydroxyl groups excluding tert-OH is 1. The monoisotopic (exact) mass is 216 g/mol. The highest BCUT2D eigenvalue weighted by Crippen LogP contribution is 2.14. The van der Waals surface area contributed by atoms with Gasteiger partial charge in [-0.2, -0.15) is 0 Å². The molecule has 0 radical (unpaired) electrons. The standard InChI is InChI=1S/C12H24O3/c1-4-6-8-11(14)12(9-7-5-2)15-10(3)13/h11-12,14H,4-9H2,1-3H3. The van der Waals surface area contributed by atoms with Gasteiger partial charge >= 0.3 is 5.97 Å². The van der Waals surface area contributed by atoms with E-state index in [0.717, 1.165) is 38.5 Å². The lowest BCUT2D eigenvalue weighted by Gasteiger charge is -2.22. The van der Waals surface area contributed by atoms with Crippen molar-refractivity contribution in [2.75, 3.05) is 0 Å². The van der Waals surface area contributed by atoms with E-state index < -0.39 is 6.10 Å². The summed E-state index contributed by atoms with van der Waals surface area (Å²) in [6.45, 7) is 5.56.